The van der Waals surface area contributed by atoms with E-state index in [1.807, 2.05) is 67.6 Å². The highest BCUT2D eigenvalue weighted by Crippen LogP contribution is 2.01. The van der Waals surface area contributed by atoms with Gasteiger partial charge in [-0.25, -0.2) is 9.59 Å². The van der Waals surface area contributed by atoms with E-state index in [0.29, 0.717) is 6.54 Å². The molecule has 0 aromatic heterocycles. The number of carbonyl (C=O) groups excluding carboxylic acids is 2. The highest BCUT2D eigenvalue weighted by molar-refractivity contribution is 6.01. The number of rotatable bonds is 6. The Labute approximate surface area is 158 Å². The Balaban J connectivity index is 1.82. The van der Waals surface area contributed by atoms with Crippen LogP contribution in [-0.2, 0) is 22.7 Å². The molecule has 2 amide bonds. The number of nitrogens with zero attached hydrogens (tertiary/aromatic N) is 1. The van der Waals surface area contributed by atoms with Crippen molar-refractivity contribution in [2.45, 2.75) is 26.6 Å². The molecule has 0 aliphatic heterocycles. The number of carbonyl (C=O) groups is 2. The molecular formula is C20H23N3O4. The highest BCUT2D eigenvalue weighted by atomic mass is 16.6. The molecule has 27 heavy (non-hydrogen) atoms. The minimum atomic E-state index is -0.711. The smallest absolute Gasteiger partial charge is 0.414 e. The molecule has 142 valence electrons. The molecule has 0 radical (unpaired) electrons. The van der Waals surface area contributed by atoms with Gasteiger partial charge < -0.3 is 9.47 Å². The van der Waals surface area contributed by atoms with Crippen LogP contribution in [0.4, 0.5) is 9.59 Å². The van der Waals surface area contributed by atoms with Crippen LogP contribution >= 0.6 is 0 Å². The van der Waals surface area contributed by atoms with Gasteiger partial charge in [0.1, 0.15) is 13.2 Å². The van der Waals surface area contributed by atoms with E-state index in [1.54, 1.807) is 0 Å². The van der Waals surface area contributed by atoms with E-state index in [9.17, 15) is 9.59 Å². The van der Waals surface area contributed by atoms with Crippen LogP contribution in [0.15, 0.2) is 65.7 Å². The maximum Gasteiger partial charge on any atom is 0.414 e. The third-order valence-corrected chi connectivity index (χ3v) is 3.36. The van der Waals surface area contributed by atoms with Crippen LogP contribution in [0.5, 0.6) is 0 Å². The third kappa shape index (κ3) is 8.04. The molecular weight excluding hydrogens is 346 g/mol. The first-order chi connectivity index (χ1) is 13.2. The summed E-state index contributed by atoms with van der Waals surface area (Å²) in [6.07, 6.45) is -0.667. The van der Waals surface area contributed by atoms with E-state index in [0.717, 1.165) is 17.5 Å². The van der Waals surface area contributed by atoms with Crippen molar-refractivity contribution in [2.24, 2.45) is 4.99 Å². The number of benzene rings is 2. The molecule has 0 bridgehead atoms. The third-order valence-electron chi connectivity index (χ3n) is 3.36. The summed E-state index contributed by atoms with van der Waals surface area (Å²) in [4.78, 5) is 28.0. The summed E-state index contributed by atoms with van der Waals surface area (Å²) >= 11 is 0. The predicted octanol–water partition coefficient (Wildman–Crippen LogP) is 3.61. The number of nitrogens with one attached hydrogen (secondary N) is 2. The van der Waals surface area contributed by atoms with Gasteiger partial charge in [-0.2, -0.15) is 0 Å². The van der Waals surface area contributed by atoms with Crippen LogP contribution in [0.2, 0.25) is 0 Å². The maximum absolute atomic E-state index is 11.9. The van der Waals surface area contributed by atoms with Gasteiger partial charge in [0.2, 0.25) is 5.96 Å². The summed E-state index contributed by atoms with van der Waals surface area (Å²) in [7, 11) is 0. The van der Waals surface area contributed by atoms with Crippen LogP contribution in [-0.4, -0.2) is 24.7 Å². The number of hydrogen-bond acceptors (Lipinski definition) is 5. The van der Waals surface area contributed by atoms with Crippen molar-refractivity contribution in [3.05, 3.63) is 71.8 Å². The Hall–Kier alpha value is -3.35. The number of amides is 2. The first-order valence-corrected chi connectivity index (χ1v) is 8.67. The van der Waals surface area contributed by atoms with Crippen molar-refractivity contribution in [3.8, 4) is 0 Å². The Bertz CT molecular complexity index is 689. The first-order valence-electron chi connectivity index (χ1n) is 8.67. The highest BCUT2D eigenvalue weighted by Gasteiger charge is 2.12. The summed E-state index contributed by atoms with van der Waals surface area (Å²) in [5.74, 6) is -0.00651. The van der Waals surface area contributed by atoms with E-state index < -0.39 is 12.2 Å². The number of guanidine groups is 1. The molecule has 0 unspecified atom stereocenters. The molecule has 0 saturated heterocycles. The lowest BCUT2D eigenvalue weighted by Gasteiger charge is -2.11. The van der Waals surface area contributed by atoms with E-state index in [-0.39, 0.29) is 19.2 Å². The number of aliphatic imine (C=N–C) groups is 1. The summed E-state index contributed by atoms with van der Waals surface area (Å²) in [6, 6.07) is 18.6. The predicted molar refractivity (Wildman–Crippen MR) is 102 cm³/mol. The first kappa shape index (κ1) is 20.0. The van der Waals surface area contributed by atoms with Crippen LogP contribution in [0.1, 0.15) is 24.5 Å². The second-order valence-electron chi connectivity index (χ2n) is 5.60. The molecule has 7 heteroatoms. The van der Waals surface area contributed by atoms with Crippen molar-refractivity contribution in [1.82, 2.24) is 10.6 Å². The molecule has 2 aromatic rings. The zero-order valence-corrected chi connectivity index (χ0v) is 15.2. The summed E-state index contributed by atoms with van der Waals surface area (Å²) < 4.78 is 10.3. The van der Waals surface area contributed by atoms with Crippen LogP contribution in [0, 0.1) is 0 Å². The Morgan fingerprint density at radius 3 is 1.67 bits per heavy atom. The normalized spacial score (nSPS) is 9.81. The molecule has 0 atom stereocenters. The van der Waals surface area contributed by atoms with Gasteiger partial charge in [0.15, 0.2) is 0 Å². The Kier molecular flexibility index (Phi) is 8.36. The van der Waals surface area contributed by atoms with E-state index >= 15 is 0 Å². The Morgan fingerprint density at radius 1 is 0.815 bits per heavy atom. The maximum atomic E-state index is 11.9. The fourth-order valence-electron chi connectivity index (χ4n) is 2.05. The SMILES string of the molecule is CCCN=C(NC(=O)OCc1ccccc1)NC(=O)OCc1ccccc1. The molecule has 2 N–H and O–H groups in total. The molecule has 2 rings (SSSR count). The molecule has 0 fully saturated rings. The fraction of sp³-hybridized carbons (Fsp3) is 0.250. The lowest BCUT2D eigenvalue weighted by atomic mass is 10.2. The molecule has 7 nitrogen and oxygen atoms in total. The minimum Gasteiger partial charge on any atom is -0.444 e. The van der Waals surface area contributed by atoms with Crippen molar-refractivity contribution in [1.29, 1.82) is 0 Å². The fourth-order valence-corrected chi connectivity index (χ4v) is 2.05. The van der Waals surface area contributed by atoms with Crippen molar-refractivity contribution < 1.29 is 19.1 Å². The van der Waals surface area contributed by atoms with E-state index in [1.165, 1.54) is 0 Å². The standard InChI is InChI=1S/C20H23N3O4/c1-2-13-21-18(22-19(24)26-14-16-9-5-3-6-10-16)23-20(25)27-15-17-11-7-4-8-12-17/h3-12H,2,13-15H2,1H3,(H2,21,22,23,24,25). The van der Waals surface area contributed by atoms with Crippen LogP contribution in [0.3, 0.4) is 0 Å². The van der Waals surface area contributed by atoms with Gasteiger partial charge >= 0.3 is 12.2 Å². The second kappa shape index (κ2) is 11.3. The monoisotopic (exact) mass is 369 g/mol. The topological polar surface area (TPSA) is 89.0 Å². The molecule has 0 spiro atoms. The van der Waals surface area contributed by atoms with Gasteiger partial charge in [0.05, 0.1) is 0 Å². The van der Waals surface area contributed by atoms with Gasteiger partial charge in [-0.05, 0) is 17.5 Å². The summed E-state index contributed by atoms with van der Waals surface area (Å²) in [6.45, 7) is 2.61. The molecule has 2 aromatic carbocycles. The largest absolute Gasteiger partial charge is 0.444 e. The van der Waals surface area contributed by atoms with Gasteiger partial charge in [0, 0.05) is 6.54 Å². The number of alkyl carbamates (subject to hydrolysis) is 2. The lowest BCUT2D eigenvalue weighted by Crippen LogP contribution is -2.44. The van der Waals surface area contributed by atoms with Gasteiger partial charge in [-0.1, -0.05) is 67.6 Å². The zero-order chi connectivity index (χ0) is 19.3. The van der Waals surface area contributed by atoms with Crippen molar-refractivity contribution >= 4 is 18.1 Å². The minimum absolute atomic E-state index is 0.00651. The van der Waals surface area contributed by atoms with Crippen molar-refractivity contribution in [3.63, 3.8) is 0 Å². The van der Waals surface area contributed by atoms with Gasteiger partial charge in [-0.15, -0.1) is 0 Å². The molecule has 0 heterocycles. The second-order valence-corrected chi connectivity index (χ2v) is 5.60. The van der Waals surface area contributed by atoms with E-state index in [4.69, 9.17) is 9.47 Å². The number of ether oxygens (including phenoxy) is 2. The summed E-state index contributed by atoms with van der Waals surface area (Å²) in [5, 5.41) is 4.86. The van der Waals surface area contributed by atoms with Crippen molar-refractivity contribution in [2.75, 3.05) is 6.54 Å². The van der Waals surface area contributed by atoms with Crippen LogP contribution < -0.4 is 10.6 Å². The molecule has 0 aliphatic rings. The van der Waals surface area contributed by atoms with Gasteiger partial charge in [-0.3, -0.25) is 15.6 Å². The molecule has 0 saturated carbocycles. The zero-order valence-electron chi connectivity index (χ0n) is 15.2. The van der Waals surface area contributed by atoms with Gasteiger partial charge in [0.25, 0.3) is 0 Å². The summed E-state index contributed by atoms with van der Waals surface area (Å²) in [5.41, 5.74) is 1.71. The quantitative estimate of drug-likeness (QED) is 0.601. The number of hydrogen-bond donors (Lipinski definition) is 2. The van der Waals surface area contributed by atoms with E-state index in [2.05, 4.69) is 15.6 Å². The van der Waals surface area contributed by atoms with Crippen LogP contribution in [0.25, 0.3) is 0 Å². The molecule has 0 aliphatic carbocycles. The average molecular weight is 369 g/mol. The Morgan fingerprint density at radius 2 is 1.26 bits per heavy atom. The lowest BCUT2D eigenvalue weighted by molar-refractivity contribution is 0.141. The average Bonchev–Trinajstić information content (AvgIpc) is 2.70.